The lowest BCUT2D eigenvalue weighted by Crippen LogP contribution is -2.54. The highest BCUT2D eigenvalue weighted by atomic mass is 35.5. The molecule has 23 heavy (non-hydrogen) atoms. The molecule has 0 spiro atoms. The molecule has 3 rings (SSSR count). The fourth-order valence-electron chi connectivity index (χ4n) is 3.13. The smallest absolute Gasteiger partial charge is 0.231 e. The molecule has 0 aromatic heterocycles. The summed E-state index contributed by atoms with van der Waals surface area (Å²) in [6, 6.07) is 15.2. The van der Waals surface area contributed by atoms with E-state index in [0.717, 1.165) is 19.6 Å². The zero-order chi connectivity index (χ0) is 14.8. The minimum absolute atomic E-state index is 0. The van der Waals surface area contributed by atoms with Gasteiger partial charge in [0, 0.05) is 36.7 Å². The predicted octanol–water partition coefficient (Wildman–Crippen LogP) is 2.68. The molecule has 2 aromatic carbocycles. The molecule has 0 saturated carbocycles. The number of anilines is 1. The van der Waals surface area contributed by atoms with Crippen molar-refractivity contribution in [2.75, 3.05) is 31.1 Å². The summed E-state index contributed by atoms with van der Waals surface area (Å²) in [4.78, 5) is 15.7. The molecule has 0 aliphatic carbocycles. The first kappa shape index (κ1) is 19.6. The summed E-state index contributed by atoms with van der Waals surface area (Å²) in [7, 11) is 0. The molecule has 2 N–H and O–H groups in total. The zero-order valence-corrected chi connectivity index (χ0v) is 14.8. The number of primary amides is 1. The van der Waals surface area contributed by atoms with E-state index in [-0.39, 0.29) is 30.7 Å². The number of nitrogens with zero attached hydrogens (tertiary/aromatic N) is 2. The Morgan fingerprint density at radius 1 is 1.13 bits per heavy atom. The Labute approximate surface area is 149 Å². The third kappa shape index (κ3) is 4.28. The van der Waals surface area contributed by atoms with Gasteiger partial charge in [0.2, 0.25) is 5.91 Å². The van der Waals surface area contributed by atoms with Crippen LogP contribution < -0.4 is 10.6 Å². The highest BCUT2D eigenvalue weighted by Crippen LogP contribution is 2.28. The van der Waals surface area contributed by atoms with Crippen LogP contribution in [0.15, 0.2) is 42.5 Å². The number of fused-ring (bicyclic) bond motifs is 1. The van der Waals surface area contributed by atoms with E-state index in [1.165, 1.54) is 16.5 Å². The Morgan fingerprint density at radius 3 is 2.52 bits per heavy atom. The molecule has 126 valence electrons. The highest BCUT2D eigenvalue weighted by Gasteiger charge is 2.25. The SMILES string of the molecule is CC1CN(c2cccc3ccccc23)CCN1CC(N)=O.Cl.Cl. The van der Waals surface area contributed by atoms with Gasteiger partial charge in [0.15, 0.2) is 0 Å². The average Bonchev–Trinajstić information content (AvgIpc) is 2.48. The minimum atomic E-state index is -0.250. The van der Waals surface area contributed by atoms with Crippen LogP contribution in [0.5, 0.6) is 0 Å². The molecule has 1 fully saturated rings. The normalized spacial score (nSPS) is 18.1. The molecular weight excluding hydrogens is 333 g/mol. The molecule has 0 bridgehead atoms. The summed E-state index contributed by atoms with van der Waals surface area (Å²) < 4.78 is 0. The number of hydrogen-bond acceptors (Lipinski definition) is 3. The molecule has 1 atom stereocenters. The maximum atomic E-state index is 11.1. The Balaban J connectivity index is 0.00000132. The summed E-state index contributed by atoms with van der Waals surface area (Å²) in [6.07, 6.45) is 0. The van der Waals surface area contributed by atoms with Crippen molar-refractivity contribution >= 4 is 47.2 Å². The summed E-state index contributed by atoms with van der Waals surface area (Å²) in [5, 5.41) is 2.55. The largest absolute Gasteiger partial charge is 0.369 e. The molecule has 1 amide bonds. The van der Waals surface area contributed by atoms with Crippen LogP contribution in [0.4, 0.5) is 5.69 Å². The average molecular weight is 356 g/mol. The number of nitrogens with two attached hydrogens (primary N) is 1. The van der Waals surface area contributed by atoms with Crippen LogP contribution in [0.3, 0.4) is 0 Å². The highest BCUT2D eigenvalue weighted by molar-refractivity contribution is 5.94. The van der Waals surface area contributed by atoms with Gasteiger partial charge in [0.1, 0.15) is 0 Å². The molecule has 2 aromatic rings. The van der Waals surface area contributed by atoms with Gasteiger partial charge >= 0.3 is 0 Å². The summed E-state index contributed by atoms with van der Waals surface area (Å²) in [5.41, 5.74) is 6.59. The first-order valence-corrected chi connectivity index (χ1v) is 7.40. The number of carbonyl (C=O) groups is 1. The number of carbonyl (C=O) groups excluding carboxylic acids is 1. The second-order valence-corrected chi connectivity index (χ2v) is 5.73. The van der Waals surface area contributed by atoms with Gasteiger partial charge in [0.25, 0.3) is 0 Å². The van der Waals surface area contributed by atoms with Gasteiger partial charge in [-0.2, -0.15) is 0 Å². The molecule has 1 heterocycles. The standard InChI is InChI=1S/C17H21N3O.2ClH/c1-13-11-20(10-9-19(13)12-17(18)21)16-8-4-6-14-5-2-3-7-15(14)16;;/h2-8,13H,9-12H2,1H3,(H2,18,21);2*1H. The van der Waals surface area contributed by atoms with Gasteiger partial charge in [-0.25, -0.2) is 0 Å². The molecule has 1 saturated heterocycles. The Morgan fingerprint density at radius 2 is 1.83 bits per heavy atom. The van der Waals surface area contributed by atoms with E-state index < -0.39 is 0 Å². The van der Waals surface area contributed by atoms with Crippen LogP contribution >= 0.6 is 24.8 Å². The van der Waals surface area contributed by atoms with Crippen molar-refractivity contribution < 1.29 is 4.79 Å². The van der Waals surface area contributed by atoms with Gasteiger partial charge < -0.3 is 10.6 Å². The number of halogens is 2. The fourth-order valence-corrected chi connectivity index (χ4v) is 3.13. The second kappa shape index (κ2) is 8.39. The van der Waals surface area contributed by atoms with Crippen molar-refractivity contribution in [2.24, 2.45) is 5.73 Å². The van der Waals surface area contributed by atoms with Crippen LogP contribution in [0.1, 0.15) is 6.92 Å². The van der Waals surface area contributed by atoms with Crippen molar-refractivity contribution in [1.29, 1.82) is 0 Å². The quantitative estimate of drug-likeness (QED) is 0.920. The zero-order valence-electron chi connectivity index (χ0n) is 13.1. The third-order valence-electron chi connectivity index (χ3n) is 4.23. The third-order valence-corrected chi connectivity index (χ3v) is 4.23. The van der Waals surface area contributed by atoms with Crippen LogP contribution in [-0.4, -0.2) is 43.0 Å². The van der Waals surface area contributed by atoms with Gasteiger partial charge in [0.05, 0.1) is 6.54 Å². The van der Waals surface area contributed by atoms with Crippen LogP contribution in [-0.2, 0) is 4.79 Å². The van der Waals surface area contributed by atoms with Gasteiger partial charge in [-0.1, -0.05) is 36.4 Å². The maximum absolute atomic E-state index is 11.1. The molecular formula is C17H23Cl2N3O. The van der Waals surface area contributed by atoms with E-state index in [9.17, 15) is 4.79 Å². The van der Waals surface area contributed by atoms with Crippen molar-refractivity contribution in [1.82, 2.24) is 4.90 Å². The van der Waals surface area contributed by atoms with Crippen molar-refractivity contribution in [3.8, 4) is 0 Å². The van der Waals surface area contributed by atoms with Gasteiger partial charge in [-0.3, -0.25) is 9.69 Å². The van der Waals surface area contributed by atoms with E-state index in [1.807, 2.05) is 0 Å². The second-order valence-electron chi connectivity index (χ2n) is 5.73. The van der Waals surface area contributed by atoms with Crippen molar-refractivity contribution in [2.45, 2.75) is 13.0 Å². The lowest BCUT2D eigenvalue weighted by molar-refractivity contribution is -0.119. The van der Waals surface area contributed by atoms with Crippen molar-refractivity contribution in [3.63, 3.8) is 0 Å². The van der Waals surface area contributed by atoms with Crippen LogP contribution in [0, 0.1) is 0 Å². The number of hydrogen-bond donors (Lipinski definition) is 1. The summed E-state index contributed by atoms with van der Waals surface area (Å²) in [6.45, 7) is 5.21. The van der Waals surface area contributed by atoms with Crippen LogP contribution in [0.2, 0.25) is 0 Å². The number of piperazine rings is 1. The number of benzene rings is 2. The Kier molecular flexibility index (Phi) is 7.13. The van der Waals surface area contributed by atoms with E-state index in [0.29, 0.717) is 12.6 Å². The lowest BCUT2D eigenvalue weighted by Gasteiger charge is -2.40. The number of amides is 1. The Hall–Kier alpha value is -1.49. The summed E-state index contributed by atoms with van der Waals surface area (Å²) in [5.74, 6) is -0.250. The monoisotopic (exact) mass is 355 g/mol. The predicted molar refractivity (Wildman–Crippen MR) is 101 cm³/mol. The molecule has 1 unspecified atom stereocenters. The van der Waals surface area contributed by atoms with E-state index in [2.05, 4.69) is 59.2 Å². The summed E-state index contributed by atoms with van der Waals surface area (Å²) >= 11 is 0. The van der Waals surface area contributed by atoms with E-state index in [4.69, 9.17) is 5.73 Å². The van der Waals surface area contributed by atoms with E-state index >= 15 is 0 Å². The van der Waals surface area contributed by atoms with Crippen LogP contribution in [0.25, 0.3) is 10.8 Å². The van der Waals surface area contributed by atoms with Crippen molar-refractivity contribution in [3.05, 3.63) is 42.5 Å². The van der Waals surface area contributed by atoms with Gasteiger partial charge in [-0.15, -0.1) is 24.8 Å². The molecule has 1 aliphatic rings. The topological polar surface area (TPSA) is 49.6 Å². The molecule has 4 nitrogen and oxygen atoms in total. The number of rotatable bonds is 3. The van der Waals surface area contributed by atoms with E-state index in [1.54, 1.807) is 0 Å². The first-order valence-electron chi connectivity index (χ1n) is 7.40. The van der Waals surface area contributed by atoms with Gasteiger partial charge in [-0.05, 0) is 18.4 Å². The first-order chi connectivity index (χ1) is 10.1. The maximum Gasteiger partial charge on any atom is 0.231 e. The molecule has 0 radical (unpaired) electrons. The fraction of sp³-hybridized carbons (Fsp3) is 0.353. The minimum Gasteiger partial charge on any atom is -0.369 e. The lowest BCUT2D eigenvalue weighted by atomic mass is 10.1. The molecule has 6 heteroatoms. The molecule has 1 aliphatic heterocycles. The Bertz CT molecular complexity index is 660.